The third-order valence-corrected chi connectivity index (χ3v) is 4.92. The highest BCUT2D eigenvalue weighted by molar-refractivity contribution is 7.09. The van der Waals surface area contributed by atoms with Crippen molar-refractivity contribution in [2.75, 3.05) is 0 Å². The zero-order valence-corrected chi connectivity index (χ0v) is 12.2. The lowest BCUT2D eigenvalue weighted by Gasteiger charge is -2.17. The highest BCUT2D eigenvalue weighted by atomic mass is 32.1. The minimum atomic E-state index is 0.173. The molecule has 2 N–H and O–H groups in total. The first kappa shape index (κ1) is 13.0. The van der Waals surface area contributed by atoms with E-state index in [4.69, 9.17) is 10.7 Å². The predicted molar refractivity (Wildman–Crippen MR) is 74.4 cm³/mol. The number of rotatable bonds is 2. The molecule has 1 heterocycles. The van der Waals surface area contributed by atoms with Gasteiger partial charge in [0, 0.05) is 23.3 Å². The van der Waals surface area contributed by atoms with Crippen LogP contribution in [0.1, 0.15) is 51.2 Å². The molecule has 1 aliphatic carbocycles. The van der Waals surface area contributed by atoms with E-state index in [1.165, 1.54) is 23.5 Å². The lowest BCUT2D eigenvalue weighted by atomic mass is 9.92. The molecule has 3 unspecified atom stereocenters. The largest absolute Gasteiger partial charge is 0.327 e. The van der Waals surface area contributed by atoms with Crippen LogP contribution in [0.5, 0.6) is 0 Å². The van der Waals surface area contributed by atoms with Gasteiger partial charge in [-0.1, -0.05) is 27.7 Å². The summed E-state index contributed by atoms with van der Waals surface area (Å²) in [5, 5.41) is 3.51. The molecule has 1 saturated carbocycles. The van der Waals surface area contributed by atoms with Gasteiger partial charge in [-0.15, -0.1) is 11.3 Å². The molecule has 17 heavy (non-hydrogen) atoms. The maximum atomic E-state index is 6.08. The molecule has 96 valence electrons. The Kier molecular flexibility index (Phi) is 3.60. The Labute approximate surface area is 109 Å². The van der Waals surface area contributed by atoms with E-state index in [0.717, 1.165) is 12.3 Å². The molecule has 0 aliphatic heterocycles. The van der Waals surface area contributed by atoms with E-state index in [-0.39, 0.29) is 5.41 Å². The number of hydrogen-bond donors (Lipinski definition) is 1. The van der Waals surface area contributed by atoms with Crippen molar-refractivity contribution in [2.45, 2.75) is 58.4 Å². The quantitative estimate of drug-likeness (QED) is 0.876. The van der Waals surface area contributed by atoms with E-state index >= 15 is 0 Å². The minimum absolute atomic E-state index is 0.173. The van der Waals surface area contributed by atoms with Crippen molar-refractivity contribution >= 4 is 11.3 Å². The summed E-state index contributed by atoms with van der Waals surface area (Å²) < 4.78 is 0. The summed E-state index contributed by atoms with van der Waals surface area (Å²) in [6, 6.07) is 0.405. The first-order chi connectivity index (χ1) is 7.88. The van der Waals surface area contributed by atoms with Crippen LogP contribution in [-0.4, -0.2) is 11.0 Å². The zero-order chi connectivity index (χ0) is 12.6. The number of nitrogens with zero attached hydrogens (tertiary/aromatic N) is 1. The third kappa shape index (κ3) is 2.89. The Hall–Kier alpha value is -0.410. The SMILES string of the molecule is CC1C(N)CCC1Cc1nc(C(C)(C)C)cs1. The van der Waals surface area contributed by atoms with E-state index in [9.17, 15) is 0 Å². The molecule has 3 heteroatoms. The molecular formula is C14H24N2S. The second kappa shape index (κ2) is 4.69. The molecule has 1 aromatic heterocycles. The molecule has 0 saturated heterocycles. The van der Waals surface area contributed by atoms with Crippen LogP contribution in [0, 0.1) is 11.8 Å². The van der Waals surface area contributed by atoms with Crippen LogP contribution >= 0.6 is 11.3 Å². The maximum absolute atomic E-state index is 6.08. The van der Waals surface area contributed by atoms with Gasteiger partial charge < -0.3 is 5.73 Å². The summed E-state index contributed by atoms with van der Waals surface area (Å²) in [4.78, 5) is 4.78. The summed E-state index contributed by atoms with van der Waals surface area (Å²) in [5.41, 5.74) is 7.48. The fourth-order valence-electron chi connectivity index (χ4n) is 2.54. The van der Waals surface area contributed by atoms with E-state index in [0.29, 0.717) is 12.0 Å². The lowest BCUT2D eigenvalue weighted by Crippen LogP contribution is -2.25. The molecule has 1 aliphatic rings. The Morgan fingerprint density at radius 2 is 2.12 bits per heavy atom. The molecule has 1 aromatic rings. The number of aromatic nitrogens is 1. The average Bonchev–Trinajstić information content (AvgIpc) is 2.80. The minimum Gasteiger partial charge on any atom is -0.327 e. The van der Waals surface area contributed by atoms with Crippen LogP contribution in [0.2, 0.25) is 0 Å². The van der Waals surface area contributed by atoms with Crippen molar-refractivity contribution in [3.05, 3.63) is 16.1 Å². The second-order valence-electron chi connectivity index (χ2n) is 6.44. The molecule has 3 atom stereocenters. The maximum Gasteiger partial charge on any atom is 0.0931 e. The van der Waals surface area contributed by atoms with Gasteiger partial charge in [-0.25, -0.2) is 4.98 Å². The standard InChI is InChI=1S/C14H24N2S/c1-9-10(5-6-11(9)15)7-13-16-12(8-17-13)14(2,3)4/h8-11H,5-7,15H2,1-4H3. The van der Waals surface area contributed by atoms with E-state index in [1.54, 1.807) is 0 Å². The summed E-state index contributed by atoms with van der Waals surface area (Å²) in [7, 11) is 0. The first-order valence-electron chi connectivity index (χ1n) is 6.58. The number of thiazole rings is 1. The van der Waals surface area contributed by atoms with Crippen LogP contribution in [0.25, 0.3) is 0 Å². The van der Waals surface area contributed by atoms with Crippen molar-refractivity contribution in [1.82, 2.24) is 4.98 Å². The van der Waals surface area contributed by atoms with Crippen molar-refractivity contribution in [2.24, 2.45) is 17.6 Å². The normalized spacial score (nSPS) is 29.8. The van der Waals surface area contributed by atoms with Crippen molar-refractivity contribution in [3.63, 3.8) is 0 Å². The molecule has 0 bridgehead atoms. The van der Waals surface area contributed by atoms with Crippen molar-refractivity contribution in [1.29, 1.82) is 0 Å². The smallest absolute Gasteiger partial charge is 0.0931 e. The van der Waals surface area contributed by atoms with Gasteiger partial charge in [0.1, 0.15) is 0 Å². The van der Waals surface area contributed by atoms with Crippen LogP contribution in [-0.2, 0) is 11.8 Å². The van der Waals surface area contributed by atoms with Gasteiger partial charge in [0.25, 0.3) is 0 Å². The molecule has 1 fully saturated rings. The van der Waals surface area contributed by atoms with Crippen LogP contribution in [0.15, 0.2) is 5.38 Å². The van der Waals surface area contributed by atoms with Crippen LogP contribution < -0.4 is 5.73 Å². The monoisotopic (exact) mass is 252 g/mol. The molecular weight excluding hydrogens is 228 g/mol. The molecule has 0 spiro atoms. The van der Waals surface area contributed by atoms with E-state index in [2.05, 4.69) is 33.1 Å². The van der Waals surface area contributed by atoms with Crippen molar-refractivity contribution in [3.8, 4) is 0 Å². The highest BCUT2D eigenvalue weighted by Crippen LogP contribution is 2.34. The fourth-order valence-corrected chi connectivity index (χ4v) is 3.66. The Balaban J connectivity index is 2.03. The Morgan fingerprint density at radius 1 is 1.41 bits per heavy atom. The van der Waals surface area contributed by atoms with Gasteiger partial charge in [0.2, 0.25) is 0 Å². The molecule has 2 rings (SSSR count). The van der Waals surface area contributed by atoms with Crippen LogP contribution in [0.4, 0.5) is 0 Å². The first-order valence-corrected chi connectivity index (χ1v) is 7.46. The second-order valence-corrected chi connectivity index (χ2v) is 7.38. The predicted octanol–water partition coefficient (Wildman–Crippen LogP) is 3.36. The zero-order valence-electron chi connectivity index (χ0n) is 11.4. The summed E-state index contributed by atoms with van der Waals surface area (Å²) in [6.45, 7) is 8.96. The van der Waals surface area contributed by atoms with Gasteiger partial charge >= 0.3 is 0 Å². The summed E-state index contributed by atoms with van der Waals surface area (Å²) in [6.07, 6.45) is 3.58. The van der Waals surface area contributed by atoms with E-state index < -0.39 is 0 Å². The molecule has 0 radical (unpaired) electrons. The fraction of sp³-hybridized carbons (Fsp3) is 0.786. The molecule has 0 aromatic carbocycles. The lowest BCUT2D eigenvalue weighted by molar-refractivity contribution is 0.389. The number of nitrogens with two attached hydrogens (primary N) is 1. The Bertz CT molecular complexity index is 378. The summed E-state index contributed by atoms with van der Waals surface area (Å²) >= 11 is 1.81. The molecule has 0 amide bonds. The van der Waals surface area contributed by atoms with E-state index in [1.807, 2.05) is 11.3 Å². The van der Waals surface area contributed by atoms with Gasteiger partial charge in [-0.2, -0.15) is 0 Å². The number of hydrogen-bond acceptors (Lipinski definition) is 3. The molecule has 2 nitrogen and oxygen atoms in total. The van der Waals surface area contributed by atoms with Crippen molar-refractivity contribution < 1.29 is 0 Å². The van der Waals surface area contributed by atoms with Gasteiger partial charge in [-0.05, 0) is 24.7 Å². The van der Waals surface area contributed by atoms with Crippen LogP contribution in [0.3, 0.4) is 0 Å². The van der Waals surface area contributed by atoms with Gasteiger partial charge in [0.05, 0.1) is 10.7 Å². The van der Waals surface area contributed by atoms with Gasteiger partial charge in [-0.3, -0.25) is 0 Å². The topological polar surface area (TPSA) is 38.9 Å². The van der Waals surface area contributed by atoms with Gasteiger partial charge in [0.15, 0.2) is 0 Å². The third-order valence-electron chi connectivity index (χ3n) is 4.05. The Morgan fingerprint density at radius 3 is 2.59 bits per heavy atom. The average molecular weight is 252 g/mol. The summed E-state index contributed by atoms with van der Waals surface area (Å²) in [5.74, 6) is 1.39. The highest BCUT2D eigenvalue weighted by Gasteiger charge is 2.31.